The lowest BCUT2D eigenvalue weighted by Crippen LogP contribution is -1.97. The summed E-state index contributed by atoms with van der Waals surface area (Å²) in [4.78, 5) is 3.22. The number of halogens is 3. The van der Waals surface area contributed by atoms with Gasteiger partial charge in [0, 0.05) is 6.20 Å². The molecule has 0 spiro atoms. The van der Waals surface area contributed by atoms with E-state index in [9.17, 15) is 13.2 Å². The lowest BCUT2D eigenvalue weighted by Gasteiger charge is -2.01. The van der Waals surface area contributed by atoms with E-state index in [1.165, 1.54) is 0 Å². The number of rotatable bonds is 2. The van der Waals surface area contributed by atoms with Crippen LogP contribution in [0.25, 0.3) is 0 Å². The molecule has 0 amide bonds. The highest BCUT2D eigenvalue weighted by Gasteiger charge is 2.14. The second-order valence-electron chi connectivity index (χ2n) is 2.35. The fourth-order valence-electron chi connectivity index (χ4n) is 0.837. The molecular weight excluding hydrogens is 181 g/mol. The predicted octanol–water partition coefficient (Wildman–Crippen LogP) is 2.22. The fraction of sp³-hybridized carbons (Fsp3) is 0.250. The third kappa shape index (κ3) is 2.18. The Labute approximate surface area is 72.6 Å². The van der Waals surface area contributed by atoms with Gasteiger partial charge in [-0.1, -0.05) is 0 Å². The number of alkyl halides is 2. The van der Waals surface area contributed by atoms with Gasteiger partial charge in [-0.15, -0.1) is 0 Å². The van der Waals surface area contributed by atoms with Crippen molar-refractivity contribution < 1.29 is 13.2 Å². The highest BCUT2D eigenvalue weighted by atomic mass is 19.3. The molecule has 68 valence electrons. The Morgan fingerprint density at radius 3 is 2.69 bits per heavy atom. The van der Waals surface area contributed by atoms with Gasteiger partial charge in [-0.25, -0.2) is 13.2 Å². The van der Waals surface area contributed by atoms with Gasteiger partial charge in [-0.05, 0) is 11.6 Å². The van der Waals surface area contributed by atoms with E-state index in [4.69, 9.17) is 5.26 Å². The molecule has 1 aromatic heterocycles. The van der Waals surface area contributed by atoms with Crippen molar-refractivity contribution in [2.45, 2.75) is 12.8 Å². The van der Waals surface area contributed by atoms with Gasteiger partial charge in [-0.3, -0.25) is 4.98 Å². The van der Waals surface area contributed by atoms with Gasteiger partial charge >= 0.3 is 0 Å². The molecule has 0 aromatic carbocycles. The molecule has 5 heteroatoms. The molecule has 0 bridgehead atoms. The zero-order valence-electron chi connectivity index (χ0n) is 6.47. The van der Waals surface area contributed by atoms with Crippen LogP contribution < -0.4 is 0 Å². The number of hydrogen-bond donors (Lipinski definition) is 0. The first-order valence-corrected chi connectivity index (χ1v) is 3.44. The van der Waals surface area contributed by atoms with E-state index in [0.29, 0.717) is 5.56 Å². The summed E-state index contributed by atoms with van der Waals surface area (Å²) in [5.74, 6) is -1.07. The first kappa shape index (κ1) is 9.52. The maximum Gasteiger partial charge on any atom is 0.283 e. The number of nitrogens with zero attached hydrogens (tertiary/aromatic N) is 2. The van der Waals surface area contributed by atoms with E-state index in [2.05, 4.69) is 4.98 Å². The maximum atomic E-state index is 12.8. The van der Waals surface area contributed by atoms with Gasteiger partial charge in [0.05, 0.1) is 12.5 Å². The molecule has 0 radical (unpaired) electrons. The van der Waals surface area contributed by atoms with E-state index >= 15 is 0 Å². The van der Waals surface area contributed by atoms with E-state index in [-0.39, 0.29) is 6.42 Å². The zero-order valence-corrected chi connectivity index (χ0v) is 6.47. The maximum absolute atomic E-state index is 12.8. The molecular formula is C8H5F3N2. The summed E-state index contributed by atoms with van der Waals surface area (Å²) in [5.41, 5.74) is -0.578. The summed E-state index contributed by atoms with van der Waals surface area (Å²) in [7, 11) is 0. The Hall–Kier alpha value is -1.57. The molecule has 1 aromatic rings. The van der Waals surface area contributed by atoms with Gasteiger partial charge < -0.3 is 0 Å². The van der Waals surface area contributed by atoms with Crippen molar-refractivity contribution in [3.63, 3.8) is 0 Å². The molecule has 0 aliphatic carbocycles. The van der Waals surface area contributed by atoms with Gasteiger partial charge in [0.15, 0.2) is 5.82 Å². The summed E-state index contributed by atoms with van der Waals surface area (Å²) in [6.45, 7) is 0. The monoisotopic (exact) mass is 186 g/mol. The van der Waals surface area contributed by atoms with Gasteiger partial charge in [0.25, 0.3) is 6.43 Å². The van der Waals surface area contributed by atoms with Crippen molar-refractivity contribution in [1.29, 1.82) is 5.26 Å². The number of pyridine rings is 1. The molecule has 0 aliphatic heterocycles. The van der Waals surface area contributed by atoms with Crippen LogP contribution in [0.2, 0.25) is 0 Å². The molecule has 0 saturated carbocycles. The molecule has 2 nitrogen and oxygen atoms in total. The molecule has 0 unspecified atom stereocenters. The van der Waals surface area contributed by atoms with E-state index < -0.39 is 17.9 Å². The van der Waals surface area contributed by atoms with Crippen LogP contribution in [0.3, 0.4) is 0 Å². The normalized spacial score (nSPS) is 10.1. The number of hydrogen-bond acceptors (Lipinski definition) is 2. The molecule has 0 saturated heterocycles. The van der Waals surface area contributed by atoms with Crippen LogP contribution in [0.4, 0.5) is 13.2 Å². The molecule has 0 aliphatic rings. The highest BCUT2D eigenvalue weighted by Crippen LogP contribution is 2.19. The Balaban J connectivity index is 3.00. The minimum atomic E-state index is -2.92. The minimum Gasteiger partial charge on any atom is -0.252 e. The second-order valence-corrected chi connectivity index (χ2v) is 2.35. The Morgan fingerprint density at radius 1 is 1.54 bits per heavy atom. The highest BCUT2D eigenvalue weighted by molar-refractivity contribution is 5.19. The SMILES string of the molecule is N#CCc1cnc(C(F)F)c(F)c1. The first-order valence-electron chi connectivity index (χ1n) is 3.44. The lowest BCUT2D eigenvalue weighted by molar-refractivity contribution is 0.140. The number of aromatic nitrogens is 1. The van der Waals surface area contributed by atoms with Gasteiger partial charge in [0.1, 0.15) is 5.69 Å². The molecule has 1 heterocycles. The molecule has 0 N–H and O–H groups in total. The predicted molar refractivity (Wildman–Crippen MR) is 38.5 cm³/mol. The topological polar surface area (TPSA) is 36.7 Å². The zero-order chi connectivity index (χ0) is 9.84. The van der Waals surface area contributed by atoms with Crippen LogP contribution in [0.1, 0.15) is 17.7 Å². The standard InChI is InChI=1S/C8H5F3N2/c9-6-3-5(1-2-12)4-13-7(6)8(10)11/h3-4,8H,1H2. The third-order valence-electron chi connectivity index (χ3n) is 1.42. The van der Waals surface area contributed by atoms with Crippen molar-refractivity contribution >= 4 is 0 Å². The van der Waals surface area contributed by atoms with Crippen LogP contribution in [0, 0.1) is 17.1 Å². The quantitative estimate of drug-likeness (QED) is 0.710. The average Bonchev–Trinajstić information content (AvgIpc) is 2.04. The smallest absolute Gasteiger partial charge is 0.252 e. The van der Waals surface area contributed by atoms with Crippen molar-refractivity contribution in [2.75, 3.05) is 0 Å². The van der Waals surface area contributed by atoms with Gasteiger partial charge in [-0.2, -0.15) is 5.26 Å². The van der Waals surface area contributed by atoms with Crippen molar-refractivity contribution in [2.24, 2.45) is 0 Å². The molecule has 13 heavy (non-hydrogen) atoms. The number of nitriles is 1. The van der Waals surface area contributed by atoms with Gasteiger partial charge in [0.2, 0.25) is 0 Å². The van der Waals surface area contributed by atoms with E-state index in [0.717, 1.165) is 12.3 Å². The molecule has 0 atom stereocenters. The van der Waals surface area contributed by atoms with Crippen molar-refractivity contribution in [3.8, 4) is 6.07 Å². The summed E-state index contributed by atoms with van der Waals surface area (Å²) in [6, 6.07) is 2.67. The van der Waals surface area contributed by atoms with Crippen LogP contribution in [-0.4, -0.2) is 4.98 Å². The molecule has 1 rings (SSSR count). The summed E-state index contributed by atoms with van der Waals surface area (Å²) in [5, 5.41) is 8.24. The van der Waals surface area contributed by atoms with E-state index in [1.807, 2.05) is 0 Å². The fourth-order valence-corrected chi connectivity index (χ4v) is 0.837. The lowest BCUT2D eigenvalue weighted by atomic mass is 10.2. The van der Waals surface area contributed by atoms with Crippen LogP contribution >= 0.6 is 0 Å². The Kier molecular flexibility index (Phi) is 2.85. The largest absolute Gasteiger partial charge is 0.283 e. The Bertz CT molecular complexity index is 344. The first-order chi connectivity index (χ1) is 6.15. The summed E-state index contributed by atoms with van der Waals surface area (Å²) >= 11 is 0. The summed E-state index contributed by atoms with van der Waals surface area (Å²) < 4.78 is 36.7. The Morgan fingerprint density at radius 2 is 2.23 bits per heavy atom. The van der Waals surface area contributed by atoms with Crippen LogP contribution in [-0.2, 0) is 6.42 Å². The second kappa shape index (κ2) is 3.90. The minimum absolute atomic E-state index is 0.0343. The molecule has 0 fully saturated rings. The van der Waals surface area contributed by atoms with Crippen LogP contribution in [0.5, 0.6) is 0 Å². The van der Waals surface area contributed by atoms with Crippen molar-refractivity contribution in [1.82, 2.24) is 4.98 Å². The average molecular weight is 186 g/mol. The third-order valence-corrected chi connectivity index (χ3v) is 1.42. The van der Waals surface area contributed by atoms with E-state index in [1.54, 1.807) is 6.07 Å². The van der Waals surface area contributed by atoms with Crippen molar-refractivity contribution in [3.05, 3.63) is 29.3 Å². The summed E-state index contributed by atoms with van der Waals surface area (Å²) in [6.07, 6.45) is -1.88. The van der Waals surface area contributed by atoms with Crippen LogP contribution in [0.15, 0.2) is 12.3 Å².